The first-order valence-corrected chi connectivity index (χ1v) is 6.25. The van der Waals surface area contributed by atoms with Gasteiger partial charge in [-0.1, -0.05) is 20.8 Å². The fraction of sp³-hybridized carbons (Fsp3) is 0.667. The van der Waals surface area contributed by atoms with E-state index in [1.807, 2.05) is 34.6 Å². The van der Waals surface area contributed by atoms with Crippen LogP contribution in [0.4, 0.5) is 0 Å². The molecule has 0 spiro atoms. The Morgan fingerprint density at radius 1 is 1.00 bits per heavy atom. The van der Waals surface area contributed by atoms with E-state index in [2.05, 4.69) is 20.8 Å². The van der Waals surface area contributed by atoms with E-state index in [9.17, 15) is 9.59 Å². The molecule has 0 atom stereocenters. The van der Waals surface area contributed by atoms with Crippen LogP contribution in [0.2, 0.25) is 0 Å². The van der Waals surface area contributed by atoms with Gasteiger partial charge in [-0.2, -0.15) is 20.8 Å². The largest absolute Gasteiger partial charge is 1.00 e. The zero-order valence-corrected chi connectivity index (χ0v) is 13.8. The van der Waals surface area contributed by atoms with Gasteiger partial charge < -0.3 is 10.7 Å². The molecular weight excluding hydrogens is 235 g/mol. The summed E-state index contributed by atoms with van der Waals surface area (Å²) in [6.45, 7) is 15.6. The van der Waals surface area contributed by atoms with Crippen molar-refractivity contribution in [1.29, 1.82) is 0 Å². The van der Waals surface area contributed by atoms with Crippen molar-refractivity contribution in [2.75, 3.05) is 0 Å². The first-order chi connectivity index (χ1) is 7.98. The Labute approximate surface area is 128 Å². The van der Waals surface area contributed by atoms with Crippen LogP contribution in [0, 0.1) is 5.92 Å². The van der Waals surface area contributed by atoms with Gasteiger partial charge in [0.15, 0.2) is 5.75 Å². The SMILES string of the molecule is CC(C)Oc1c(C(C)(C)C)c(=O)c1=O.C[C-](C)C.[Li+]. The van der Waals surface area contributed by atoms with Crippen molar-refractivity contribution in [3.63, 3.8) is 0 Å². The van der Waals surface area contributed by atoms with Gasteiger partial charge in [-0.05, 0) is 19.3 Å². The molecule has 19 heavy (non-hydrogen) atoms. The van der Waals surface area contributed by atoms with Crippen LogP contribution >= 0.6 is 0 Å². The predicted molar refractivity (Wildman–Crippen MR) is 76.1 cm³/mol. The molecule has 0 saturated heterocycles. The molecule has 1 rings (SSSR count). The van der Waals surface area contributed by atoms with E-state index in [4.69, 9.17) is 4.74 Å². The zero-order valence-electron chi connectivity index (χ0n) is 13.8. The van der Waals surface area contributed by atoms with Gasteiger partial charge in [-0.3, -0.25) is 9.59 Å². The summed E-state index contributed by atoms with van der Waals surface area (Å²) in [6, 6.07) is 0. The van der Waals surface area contributed by atoms with Crippen LogP contribution in [-0.2, 0) is 5.41 Å². The Balaban J connectivity index is 0. The molecule has 104 valence electrons. The summed E-state index contributed by atoms with van der Waals surface area (Å²) in [4.78, 5) is 22.5. The summed E-state index contributed by atoms with van der Waals surface area (Å²) in [5.41, 5.74) is -0.664. The normalized spacial score (nSPS) is 11.1. The Morgan fingerprint density at radius 2 is 1.37 bits per heavy atom. The average molecular weight is 260 g/mol. The molecule has 0 heterocycles. The topological polar surface area (TPSA) is 43.4 Å². The summed E-state index contributed by atoms with van der Waals surface area (Å²) in [5, 5.41) is 0. The Kier molecular flexibility index (Phi) is 8.67. The molecule has 0 unspecified atom stereocenters. The fourth-order valence-electron chi connectivity index (χ4n) is 1.40. The van der Waals surface area contributed by atoms with Crippen molar-refractivity contribution in [1.82, 2.24) is 0 Å². The molecule has 0 bridgehead atoms. The second-order valence-electron chi connectivity index (χ2n) is 6.28. The van der Waals surface area contributed by atoms with E-state index in [-0.39, 0.29) is 36.1 Å². The van der Waals surface area contributed by atoms with Crippen molar-refractivity contribution < 1.29 is 23.6 Å². The molecular formula is C15H25LiO3. The third kappa shape index (κ3) is 6.45. The van der Waals surface area contributed by atoms with E-state index in [0.29, 0.717) is 5.56 Å². The molecule has 4 heteroatoms. The Morgan fingerprint density at radius 3 is 1.63 bits per heavy atom. The van der Waals surface area contributed by atoms with Gasteiger partial charge in [0.2, 0.25) is 5.43 Å². The molecule has 0 aliphatic rings. The van der Waals surface area contributed by atoms with E-state index in [1.54, 1.807) is 0 Å². The van der Waals surface area contributed by atoms with Gasteiger partial charge in [0.25, 0.3) is 5.43 Å². The van der Waals surface area contributed by atoms with Crippen molar-refractivity contribution in [3.8, 4) is 5.75 Å². The standard InChI is InChI=1S/C11H16O3.C4H9.Li/c1-6(2)14-10-7(11(3,4)5)8(12)9(10)13;1-4(2)3;/h6H,1-5H3;1-3H3;/q;-1;+1. The van der Waals surface area contributed by atoms with Gasteiger partial charge in [-0.25, -0.2) is 0 Å². The molecule has 0 aliphatic heterocycles. The molecule has 1 aromatic rings. The van der Waals surface area contributed by atoms with Crippen molar-refractivity contribution in [2.24, 2.45) is 0 Å². The molecule has 0 aliphatic carbocycles. The first-order valence-electron chi connectivity index (χ1n) is 6.25. The molecule has 1 aromatic carbocycles. The molecule has 0 N–H and O–H groups in total. The first kappa shape index (κ1) is 20.8. The summed E-state index contributed by atoms with van der Waals surface area (Å²) in [5.74, 6) is 1.68. The van der Waals surface area contributed by atoms with E-state index in [1.165, 1.54) is 5.92 Å². The minimum atomic E-state index is -0.483. The van der Waals surface area contributed by atoms with E-state index in [0.717, 1.165) is 0 Å². The van der Waals surface area contributed by atoms with Gasteiger partial charge in [0.1, 0.15) is 0 Å². The summed E-state index contributed by atoms with van der Waals surface area (Å²) in [6.07, 6.45) is -0.0700. The zero-order chi connectivity index (χ0) is 14.7. The van der Waals surface area contributed by atoms with Crippen molar-refractivity contribution >= 4 is 0 Å². The Hall–Kier alpha value is -0.523. The predicted octanol–water partition coefficient (Wildman–Crippen LogP) is -0.00811. The molecule has 0 radical (unpaired) electrons. The van der Waals surface area contributed by atoms with Crippen LogP contribution in [0.3, 0.4) is 0 Å². The quantitative estimate of drug-likeness (QED) is 0.427. The van der Waals surface area contributed by atoms with E-state index >= 15 is 0 Å². The Bertz CT molecular complexity index is 444. The summed E-state index contributed by atoms with van der Waals surface area (Å²) < 4.78 is 5.32. The number of hydrogen-bond donors (Lipinski definition) is 0. The summed E-state index contributed by atoms with van der Waals surface area (Å²) >= 11 is 0. The van der Waals surface area contributed by atoms with Gasteiger partial charge in [0.05, 0.1) is 11.7 Å². The van der Waals surface area contributed by atoms with Crippen LogP contribution in [0.5, 0.6) is 5.75 Å². The second-order valence-corrected chi connectivity index (χ2v) is 6.28. The molecule has 0 saturated carbocycles. The van der Waals surface area contributed by atoms with Gasteiger partial charge >= 0.3 is 18.9 Å². The van der Waals surface area contributed by atoms with Crippen LogP contribution in [0.1, 0.15) is 61.0 Å². The number of rotatable bonds is 2. The minimum Gasteiger partial charge on any atom is -0.486 e. The third-order valence-electron chi connectivity index (χ3n) is 1.97. The van der Waals surface area contributed by atoms with Crippen LogP contribution in [0.25, 0.3) is 0 Å². The molecule has 0 amide bonds. The van der Waals surface area contributed by atoms with Crippen LogP contribution < -0.4 is 34.5 Å². The fourth-order valence-corrected chi connectivity index (χ4v) is 1.40. The minimum absolute atomic E-state index is 0. The number of hydrogen-bond acceptors (Lipinski definition) is 3. The monoisotopic (exact) mass is 260 g/mol. The van der Waals surface area contributed by atoms with E-state index < -0.39 is 10.9 Å². The molecule has 3 nitrogen and oxygen atoms in total. The second kappa shape index (κ2) is 7.92. The van der Waals surface area contributed by atoms with Crippen molar-refractivity contribution in [3.05, 3.63) is 31.9 Å². The van der Waals surface area contributed by atoms with Crippen LogP contribution in [-0.4, -0.2) is 6.10 Å². The summed E-state index contributed by atoms with van der Waals surface area (Å²) in [7, 11) is 0. The molecule has 0 aromatic heterocycles. The number of ether oxygens (including phenoxy) is 1. The molecule has 0 fully saturated rings. The maximum Gasteiger partial charge on any atom is 1.00 e. The van der Waals surface area contributed by atoms with Crippen LogP contribution in [0.15, 0.2) is 9.59 Å². The van der Waals surface area contributed by atoms with Gasteiger partial charge in [-0.15, -0.1) is 0 Å². The maximum atomic E-state index is 11.3. The third-order valence-corrected chi connectivity index (χ3v) is 1.97. The maximum absolute atomic E-state index is 11.3. The van der Waals surface area contributed by atoms with Gasteiger partial charge in [0, 0.05) is 0 Å². The average Bonchev–Trinajstić information content (AvgIpc) is 2.12. The van der Waals surface area contributed by atoms with Crippen molar-refractivity contribution in [2.45, 2.75) is 66.9 Å². The smallest absolute Gasteiger partial charge is 0.486 e.